The maximum Gasteiger partial charge on any atom is 0.327 e. The quantitative estimate of drug-likeness (QED) is 0.629. The fourth-order valence-electron chi connectivity index (χ4n) is 0.589. The average molecular weight is 316 g/mol. The van der Waals surface area contributed by atoms with Crippen LogP contribution in [-0.2, 0) is 9.59 Å². The second-order valence-corrected chi connectivity index (χ2v) is 3.75. The van der Waals surface area contributed by atoms with Gasteiger partial charge in [-0.2, -0.15) is 0 Å². The van der Waals surface area contributed by atoms with Gasteiger partial charge in [-0.25, -0.2) is 9.59 Å². The third-order valence-electron chi connectivity index (χ3n) is 1.73. The van der Waals surface area contributed by atoms with Crippen molar-refractivity contribution in [1.82, 2.24) is 0 Å². The van der Waals surface area contributed by atoms with E-state index < -0.39 is 11.9 Å². The number of hydrogen-bond acceptors (Lipinski definition) is 2. The molecule has 124 valence electrons. The fourth-order valence-corrected chi connectivity index (χ4v) is 0.589. The molecule has 1 aromatic carbocycles. The number of benzene rings is 1. The molecule has 0 heterocycles. The van der Waals surface area contributed by atoms with Crippen LogP contribution in [0.1, 0.15) is 12.5 Å². The van der Waals surface area contributed by atoms with E-state index >= 15 is 0 Å². The van der Waals surface area contributed by atoms with E-state index in [1.54, 1.807) is 6.08 Å². The largest absolute Gasteiger partial charge is 0.478 e. The molecule has 0 amide bonds. The van der Waals surface area contributed by atoms with Gasteiger partial charge in [0, 0.05) is 12.2 Å². The Morgan fingerprint density at radius 2 is 1.17 bits per heavy atom. The normalized spacial score (nSPS) is 7.17. The minimum atomic E-state index is -0.981. The smallest absolute Gasteiger partial charge is 0.327 e. The molecule has 0 saturated carbocycles. The van der Waals surface area contributed by atoms with Crippen LogP contribution in [-0.4, -0.2) is 22.2 Å². The van der Waals surface area contributed by atoms with Crippen LogP contribution in [0.2, 0.25) is 0 Å². The molecule has 0 aliphatic heterocycles. The van der Waals surface area contributed by atoms with Gasteiger partial charge in [-0.05, 0) is 12.5 Å². The van der Waals surface area contributed by atoms with Crippen LogP contribution in [0.5, 0.6) is 0 Å². The molecule has 0 radical (unpaired) electrons. The summed E-state index contributed by atoms with van der Waals surface area (Å²) in [4.78, 5) is 18.5. The van der Waals surface area contributed by atoms with E-state index in [-0.39, 0.29) is 0 Å². The highest BCUT2D eigenvalue weighted by Gasteiger charge is 1.76. The Hall–Kier alpha value is -3.14. The Balaban J connectivity index is -0.000000240. The predicted molar refractivity (Wildman–Crippen MR) is 97.2 cm³/mol. The summed E-state index contributed by atoms with van der Waals surface area (Å²) in [6.45, 7) is 18.5. The first-order valence-electron chi connectivity index (χ1n) is 6.41. The monoisotopic (exact) mass is 316 g/mol. The van der Waals surface area contributed by atoms with Crippen molar-refractivity contribution in [3.05, 3.63) is 92.6 Å². The minimum Gasteiger partial charge on any atom is -0.478 e. The molecular weight excluding hydrogens is 292 g/mol. The van der Waals surface area contributed by atoms with Crippen LogP contribution in [0.25, 0.3) is 6.08 Å². The number of aliphatic carboxylic acids is 2. The van der Waals surface area contributed by atoms with Crippen molar-refractivity contribution in [3.8, 4) is 0 Å². The maximum absolute atomic E-state index is 9.25. The maximum atomic E-state index is 9.25. The van der Waals surface area contributed by atoms with Crippen LogP contribution in [0, 0.1) is 0 Å². The Bertz CT molecular complexity index is 471. The van der Waals surface area contributed by atoms with E-state index in [1.807, 2.05) is 43.3 Å². The van der Waals surface area contributed by atoms with Gasteiger partial charge < -0.3 is 10.2 Å². The zero-order valence-corrected chi connectivity index (χ0v) is 13.4. The van der Waals surface area contributed by atoms with Crippen molar-refractivity contribution in [2.45, 2.75) is 6.92 Å². The molecule has 1 aromatic rings. The third-order valence-corrected chi connectivity index (χ3v) is 1.73. The summed E-state index contributed by atoms with van der Waals surface area (Å²) in [7, 11) is 0. The highest BCUT2D eigenvalue weighted by atomic mass is 16.4. The van der Waals surface area contributed by atoms with Crippen LogP contribution in [0.3, 0.4) is 0 Å². The lowest BCUT2D eigenvalue weighted by Gasteiger charge is -1.85. The predicted octanol–water partition coefficient (Wildman–Crippen LogP) is 4.59. The Morgan fingerprint density at radius 3 is 1.30 bits per heavy atom. The molecule has 0 saturated heterocycles. The minimum absolute atomic E-state index is 0.833. The lowest BCUT2D eigenvalue weighted by atomic mass is 10.2. The van der Waals surface area contributed by atoms with Crippen molar-refractivity contribution in [2.24, 2.45) is 0 Å². The average Bonchev–Trinajstić information content (AvgIpc) is 2.57. The Labute approximate surface area is 138 Å². The first kappa shape index (κ1) is 24.9. The lowest BCUT2D eigenvalue weighted by Crippen LogP contribution is -1.82. The highest BCUT2D eigenvalue weighted by Crippen LogP contribution is 1.97. The Kier molecular flexibility index (Phi) is 20.4. The standard InChI is InChI=1S/C8H8.C5H8.2C3H4O2/c1-2-8-6-4-3-5-7-8;1-4-5(2)3;2*1-2-3(4)5/h2-7H,1H2;4H,1-2H2,3H3;2*2H,1H2,(H,4,5). The van der Waals surface area contributed by atoms with Crippen LogP contribution in [0.15, 0.2) is 87.0 Å². The zero-order valence-electron chi connectivity index (χ0n) is 13.4. The molecule has 0 aliphatic rings. The number of carboxylic acid groups (broad SMARTS) is 2. The van der Waals surface area contributed by atoms with E-state index in [1.165, 1.54) is 5.56 Å². The molecule has 23 heavy (non-hydrogen) atoms. The number of hydrogen-bond donors (Lipinski definition) is 2. The molecule has 0 spiro atoms. The third kappa shape index (κ3) is 32.4. The van der Waals surface area contributed by atoms with Gasteiger partial charge in [0.05, 0.1) is 0 Å². The topological polar surface area (TPSA) is 74.6 Å². The molecule has 4 heteroatoms. The molecule has 0 aromatic heterocycles. The van der Waals surface area contributed by atoms with Crippen LogP contribution < -0.4 is 0 Å². The van der Waals surface area contributed by atoms with Gasteiger partial charge in [0.25, 0.3) is 0 Å². The van der Waals surface area contributed by atoms with Crippen molar-refractivity contribution in [3.63, 3.8) is 0 Å². The SMILES string of the molecule is C=CC(=C)C.C=CC(=O)O.C=CC(=O)O.C=Cc1ccccc1. The number of allylic oxidation sites excluding steroid dienone is 2. The summed E-state index contributed by atoms with van der Waals surface area (Å²) < 4.78 is 0. The van der Waals surface area contributed by atoms with Gasteiger partial charge in [-0.15, -0.1) is 0 Å². The zero-order chi connectivity index (χ0) is 18.7. The van der Waals surface area contributed by atoms with Crippen molar-refractivity contribution in [2.75, 3.05) is 0 Å². The second kappa shape index (κ2) is 18.9. The summed E-state index contributed by atoms with van der Waals surface area (Å²) in [5.41, 5.74) is 2.19. The second-order valence-electron chi connectivity index (χ2n) is 3.75. The van der Waals surface area contributed by atoms with Gasteiger partial charge in [-0.3, -0.25) is 0 Å². The molecule has 0 unspecified atom stereocenters. The van der Waals surface area contributed by atoms with Crippen molar-refractivity contribution >= 4 is 18.0 Å². The number of rotatable bonds is 4. The molecule has 4 nitrogen and oxygen atoms in total. The Morgan fingerprint density at radius 1 is 0.870 bits per heavy atom. The summed E-state index contributed by atoms with van der Waals surface area (Å²) in [5.74, 6) is -1.96. The van der Waals surface area contributed by atoms with E-state index in [4.69, 9.17) is 10.2 Å². The molecule has 0 fully saturated rings. The highest BCUT2D eigenvalue weighted by molar-refractivity contribution is 5.79. The van der Waals surface area contributed by atoms with E-state index in [9.17, 15) is 9.59 Å². The van der Waals surface area contributed by atoms with Crippen molar-refractivity contribution < 1.29 is 19.8 Å². The summed E-state index contributed by atoms with van der Waals surface area (Å²) in [6.07, 6.45) is 5.22. The molecule has 0 aliphatic carbocycles. The first-order valence-corrected chi connectivity index (χ1v) is 6.41. The van der Waals surface area contributed by atoms with Gasteiger partial charge in [0.1, 0.15) is 0 Å². The van der Waals surface area contributed by atoms with E-state index in [2.05, 4.69) is 32.9 Å². The number of carboxylic acids is 2. The lowest BCUT2D eigenvalue weighted by molar-refractivity contribution is -0.132. The molecule has 1 rings (SSSR count). The molecule has 0 bridgehead atoms. The summed E-state index contributed by atoms with van der Waals surface area (Å²) in [5, 5.41) is 15.2. The van der Waals surface area contributed by atoms with E-state index in [0.29, 0.717) is 0 Å². The van der Waals surface area contributed by atoms with Crippen molar-refractivity contribution in [1.29, 1.82) is 0 Å². The van der Waals surface area contributed by atoms with E-state index in [0.717, 1.165) is 17.7 Å². The van der Waals surface area contributed by atoms with Gasteiger partial charge in [0.2, 0.25) is 0 Å². The van der Waals surface area contributed by atoms with Crippen LogP contribution >= 0.6 is 0 Å². The van der Waals surface area contributed by atoms with Gasteiger partial charge in [0.15, 0.2) is 0 Å². The molecular formula is C19H24O4. The number of carbonyl (C=O) groups is 2. The van der Waals surface area contributed by atoms with Gasteiger partial charge in [-0.1, -0.05) is 81.0 Å². The fraction of sp³-hybridized carbons (Fsp3) is 0.0526. The first-order chi connectivity index (χ1) is 10.7. The molecule has 2 N–H and O–H groups in total. The van der Waals surface area contributed by atoms with Crippen LogP contribution in [0.4, 0.5) is 0 Å². The summed E-state index contributed by atoms with van der Waals surface area (Å²) in [6, 6.07) is 10.0. The van der Waals surface area contributed by atoms with Gasteiger partial charge >= 0.3 is 11.9 Å². The summed E-state index contributed by atoms with van der Waals surface area (Å²) >= 11 is 0. The molecule has 0 atom stereocenters.